The predicted molar refractivity (Wildman–Crippen MR) is 383 cm³/mol. The molecule has 0 unspecified atom stereocenters. The highest BCUT2D eigenvalue weighted by atomic mass is 32.1. The molecule has 4 nitrogen and oxygen atoms in total. The lowest BCUT2D eigenvalue weighted by atomic mass is 9.76. The highest BCUT2D eigenvalue weighted by Crippen LogP contribution is 2.58. The van der Waals surface area contributed by atoms with Crippen molar-refractivity contribution >= 4 is 53.4 Å². The van der Waals surface area contributed by atoms with Gasteiger partial charge in [-0.25, -0.2) is 13.7 Å². The summed E-state index contributed by atoms with van der Waals surface area (Å²) in [5.74, 6) is 0. The van der Waals surface area contributed by atoms with Crippen LogP contribution in [0.25, 0.3) is 120 Å². The van der Waals surface area contributed by atoms with E-state index in [2.05, 4.69) is 162 Å². The second-order valence-electron chi connectivity index (χ2n) is 25.5. The Labute approximate surface area is 553 Å². The molecule has 2 aliphatic rings. The molecule has 1 spiro atoms. The fourth-order valence-corrected chi connectivity index (χ4v) is 15.7. The quantitative estimate of drug-likeness (QED) is 0.152. The number of aryl methyl sites for hydroxylation is 12. The Balaban J connectivity index is 0.000000128. The summed E-state index contributed by atoms with van der Waals surface area (Å²) < 4.78 is 88.3. The standard InChI is InChI=1S/C32H32N.C27H24NO.C27H24NS/c1-21-11-13-26-27-14-12-24(18-30(27)32(29(26)17-21)15-7-8-16-32)28-19-31(33(4)20-23(28)3)25-10-6-5-9-22(25)2;2*1-17-9-11-22-23-12-10-20(14-27(23)29-26(22)13-17)24-15-25(28(4)16-19(24)3)21-8-6-5-7-18(21)2/h5-6,9-14,17-20H,7-8,15-16H2,1-4H3;2*5-16H,1-4H3/q3*+1/i3*3D3. The van der Waals surface area contributed by atoms with Gasteiger partial charge in [-0.2, -0.15) is 0 Å². The zero-order chi connectivity index (χ0) is 70.5. The smallest absolute Gasteiger partial charge is 0.213 e. The van der Waals surface area contributed by atoms with Gasteiger partial charge in [0.15, 0.2) is 18.6 Å². The summed E-state index contributed by atoms with van der Waals surface area (Å²) in [6.45, 7) is 5.92. The number of pyridine rings is 3. The largest absolute Gasteiger partial charge is 0.456 e. The van der Waals surface area contributed by atoms with Gasteiger partial charge in [-0.1, -0.05) is 146 Å². The fraction of sp³-hybridized carbons (Fsp3) is 0.198. The average molecular weight is 1210 g/mol. The van der Waals surface area contributed by atoms with Crippen molar-refractivity contribution in [3.05, 3.63) is 280 Å². The van der Waals surface area contributed by atoms with Crippen molar-refractivity contribution in [2.45, 2.75) is 93.2 Å². The summed E-state index contributed by atoms with van der Waals surface area (Å²) in [6.07, 6.45) is 10.1. The van der Waals surface area contributed by atoms with E-state index in [0.717, 1.165) is 113 Å². The Bertz CT molecular complexity index is 5360. The molecule has 91 heavy (non-hydrogen) atoms. The Morgan fingerprint density at radius 1 is 0.352 bits per heavy atom. The maximum Gasteiger partial charge on any atom is 0.213 e. The molecule has 0 radical (unpaired) electrons. The van der Waals surface area contributed by atoms with Gasteiger partial charge in [-0.3, -0.25) is 0 Å². The molecule has 5 aromatic heterocycles. The number of fused-ring (bicyclic) bond motifs is 11. The molecule has 0 bridgehead atoms. The van der Waals surface area contributed by atoms with E-state index in [1.807, 2.05) is 115 Å². The lowest BCUT2D eigenvalue weighted by molar-refractivity contribution is -0.660. The fourth-order valence-electron chi connectivity index (χ4n) is 14.4. The number of aromatic nitrogens is 3. The van der Waals surface area contributed by atoms with Crippen LogP contribution in [0.4, 0.5) is 0 Å². The molecule has 0 aliphatic heterocycles. The second kappa shape index (κ2) is 23.7. The van der Waals surface area contributed by atoms with Gasteiger partial charge in [0, 0.05) is 100 Å². The van der Waals surface area contributed by atoms with Crippen molar-refractivity contribution in [3.63, 3.8) is 0 Å². The summed E-state index contributed by atoms with van der Waals surface area (Å²) in [7, 11) is 5.75. The molecule has 448 valence electrons. The minimum atomic E-state index is -2.24. The predicted octanol–water partition coefficient (Wildman–Crippen LogP) is 21.4. The Hall–Kier alpha value is -9.55. The van der Waals surface area contributed by atoms with E-state index in [1.54, 1.807) is 29.9 Å². The molecule has 5 heterocycles. The summed E-state index contributed by atoms with van der Waals surface area (Å²) in [4.78, 5) is 0. The Morgan fingerprint density at radius 2 is 0.736 bits per heavy atom. The molecule has 0 amide bonds. The van der Waals surface area contributed by atoms with E-state index >= 15 is 0 Å². The summed E-state index contributed by atoms with van der Waals surface area (Å²) >= 11 is 1.76. The van der Waals surface area contributed by atoms with Gasteiger partial charge < -0.3 is 4.42 Å². The summed E-state index contributed by atoms with van der Waals surface area (Å²) in [5, 5.41) is 4.55. The van der Waals surface area contributed by atoms with Gasteiger partial charge in [-0.15, -0.1) is 11.3 Å². The number of furan rings is 1. The van der Waals surface area contributed by atoms with Crippen LogP contribution in [0.2, 0.25) is 0 Å². The number of hydrogen-bond donors (Lipinski definition) is 0. The van der Waals surface area contributed by atoms with Crippen molar-refractivity contribution < 1.29 is 30.5 Å². The highest BCUT2D eigenvalue weighted by molar-refractivity contribution is 7.25. The number of hydrogen-bond acceptors (Lipinski definition) is 2. The van der Waals surface area contributed by atoms with Gasteiger partial charge in [0.25, 0.3) is 0 Å². The molecule has 5 heteroatoms. The topological polar surface area (TPSA) is 24.8 Å². The van der Waals surface area contributed by atoms with Crippen molar-refractivity contribution in [2.24, 2.45) is 21.1 Å². The van der Waals surface area contributed by atoms with E-state index < -0.39 is 20.6 Å². The van der Waals surface area contributed by atoms with Gasteiger partial charge in [0.1, 0.15) is 32.3 Å². The van der Waals surface area contributed by atoms with Gasteiger partial charge in [0.05, 0.1) is 0 Å². The molecule has 14 aromatic rings. The van der Waals surface area contributed by atoms with E-state index in [4.69, 9.17) is 16.8 Å². The minimum absolute atomic E-state index is 0.0468. The Morgan fingerprint density at radius 3 is 1.25 bits per heavy atom. The molecule has 1 fully saturated rings. The molecule has 16 rings (SSSR count). The first-order valence-electron chi connectivity index (χ1n) is 36.1. The number of benzene rings is 9. The third-order valence-corrected chi connectivity index (χ3v) is 20.4. The van der Waals surface area contributed by atoms with Crippen LogP contribution in [-0.4, -0.2) is 0 Å². The molecule has 1 saturated carbocycles. The lowest BCUT2D eigenvalue weighted by Gasteiger charge is -2.27. The average Bonchev–Trinajstić information content (AvgIpc) is 1.54. The first kappa shape index (κ1) is 49.3. The molecule has 0 atom stereocenters. The third-order valence-electron chi connectivity index (χ3n) is 19.2. The van der Waals surface area contributed by atoms with Crippen LogP contribution in [0.5, 0.6) is 0 Å². The summed E-state index contributed by atoms with van der Waals surface area (Å²) in [6, 6.07) is 69.3. The van der Waals surface area contributed by atoms with Crippen LogP contribution in [0.3, 0.4) is 0 Å². The van der Waals surface area contributed by atoms with Crippen LogP contribution in [-0.2, 0) is 26.6 Å². The number of nitrogens with zero attached hydrogens (tertiary/aromatic N) is 3. The normalized spacial score (nSPS) is 14.8. The molecule has 0 N–H and O–H groups in total. The zero-order valence-electron chi connectivity index (χ0n) is 62.3. The van der Waals surface area contributed by atoms with E-state index in [9.17, 15) is 0 Å². The monoisotopic (exact) mass is 1210 g/mol. The first-order chi connectivity index (χ1) is 47.6. The molecular weight excluding hydrogens is 1120 g/mol. The van der Waals surface area contributed by atoms with E-state index in [1.165, 1.54) is 72.0 Å². The van der Waals surface area contributed by atoms with Gasteiger partial charge >= 0.3 is 0 Å². The van der Waals surface area contributed by atoms with Crippen LogP contribution in [0.15, 0.2) is 223 Å². The zero-order valence-corrected chi connectivity index (χ0v) is 54.1. The molecular formula is C86H80N3OS+3. The maximum atomic E-state index is 8.34. The van der Waals surface area contributed by atoms with Crippen molar-refractivity contribution in [2.75, 3.05) is 0 Å². The SMILES string of the molecule is [2H]C([2H])([2H])c1c[n+](C)c(-c2ccccc2C)cc1-c1ccc2c(c1)C1(CCCC1)c1cc(C)ccc1-2.[2H]C([2H])([2H])c1c[n+](C)c(-c2ccccc2C)cc1-c1ccc2c(c1)oc1cc(C)ccc12.[2H]C([2H])([2H])c1c[n+](C)c(-c2ccccc2C)cc1-c1ccc2c(c1)sc1cc(C)ccc12. The Kier molecular flexibility index (Phi) is 12.8. The van der Waals surface area contributed by atoms with Crippen molar-refractivity contribution in [3.8, 4) is 78.3 Å². The second-order valence-corrected chi connectivity index (χ2v) is 26.5. The lowest BCUT2D eigenvalue weighted by Crippen LogP contribution is -2.31. The molecule has 0 saturated heterocycles. The number of rotatable bonds is 6. The van der Waals surface area contributed by atoms with Crippen LogP contribution in [0.1, 0.15) is 99.2 Å². The highest BCUT2D eigenvalue weighted by Gasteiger charge is 2.45. The van der Waals surface area contributed by atoms with E-state index in [-0.39, 0.29) is 5.41 Å². The first-order valence-corrected chi connectivity index (χ1v) is 32.4. The summed E-state index contributed by atoms with van der Waals surface area (Å²) in [5.41, 5.74) is 26.7. The van der Waals surface area contributed by atoms with Crippen molar-refractivity contribution in [1.29, 1.82) is 0 Å². The third kappa shape index (κ3) is 10.8. The van der Waals surface area contributed by atoms with E-state index in [0.29, 0.717) is 22.3 Å². The van der Waals surface area contributed by atoms with Crippen molar-refractivity contribution in [1.82, 2.24) is 0 Å². The van der Waals surface area contributed by atoms with Gasteiger partial charge in [-0.05, 0) is 213 Å². The number of thiophene rings is 1. The molecule has 2 aliphatic carbocycles. The molecule has 9 aromatic carbocycles. The van der Waals surface area contributed by atoms with Gasteiger partial charge in [0.2, 0.25) is 17.1 Å². The van der Waals surface area contributed by atoms with Crippen LogP contribution in [0, 0.1) is 62.1 Å². The van der Waals surface area contributed by atoms with Crippen LogP contribution >= 0.6 is 11.3 Å². The van der Waals surface area contributed by atoms with Crippen LogP contribution < -0.4 is 13.7 Å². The minimum Gasteiger partial charge on any atom is -0.456 e. The maximum absolute atomic E-state index is 8.34.